The van der Waals surface area contributed by atoms with Gasteiger partial charge in [-0.1, -0.05) is 301 Å². The van der Waals surface area contributed by atoms with E-state index in [1.807, 2.05) is 27.2 Å². The number of nitrogens with zero attached hydrogens (tertiary/aromatic N) is 1. The van der Waals surface area contributed by atoms with Gasteiger partial charge in [-0.25, -0.2) is 0 Å². The summed E-state index contributed by atoms with van der Waals surface area (Å²) in [6.07, 6.45) is 71.8. The van der Waals surface area contributed by atoms with E-state index in [0.717, 1.165) is 38.5 Å². The van der Waals surface area contributed by atoms with Gasteiger partial charge in [-0.15, -0.1) is 0 Å². The van der Waals surface area contributed by atoms with Gasteiger partial charge < -0.3 is 28.8 Å². The van der Waals surface area contributed by atoms with Crippen molar-refractivity contribution in [2.75, 3.05) is 40.9 Å². The largest absolute Gasteiger partial charge is 0.756 e. The summed E-state index contributed by atoms with van der Waals surface area (Å²) in [6, 6.07) is -0.881. The second kappa shape index (κ2) is 55.7. The number of carbonyl (C=O) groups is 1. The Morgan fingerprint density at radius 1 is 0.466 bits per heavy atom. The number of nitrogens with one attached hydrogen (secondary N) is 1. The summed E-state index contributed by atoms with van der Waals surface area (Å²) in [6.45, 7) is 4.66. The van der Waals surface area contributed by atoms with Crippen LogP contribution in [-0.4, -0.2) is 68.5 Å². The second-order valence-corrected chi connectivity index (χ2v) is 24.9. The highest BCUT2D eigenvalue weighted by atomic mass is 31.2. The van der Waals surface area contributed by atoms with Gasteiger partial charge >= 0.3 is 0 Å². The third-order valence-corrected chi connectivity index (χ3v) is 15.9. The molecule has 0 aromatic heterocycles. The lowest BCUT2D eigenvalue weighted by Gasteiger charge is -2.29. The van der Waals surface area contributed by atoms with Gasteiger partial charge in [0.25, 0.3) is 7.82 Å². The van der Waals surface area contributed by atoms with Crippen LogP contribution in [0.25, 0.3) is 0 Å². The van der Waals surface area contributed by atoms with Crippen molar-refractivity contribution in [2.24, 2.45) is 0 Å². The number of carbonyl (C=O) groups excluding carboxylic acids is 1. The molecule has 0 saturated carbocycles. The highest BCUT2D eigenvalue weighted by molar-refractivity contribution is 7.45. The van der Waals surface area contributed by atoms with E-state index >= 15 is 0 Å². The molecule has 0 rings (SSSR count). The summed E-state index contributed by atoms with van der Waals surface area (Å²) in [5.41, 5.74) is 0. The van der Waals surface area contributed by atoms with E-state index in [-0.39, 0.29) is 19.1 Å². The van der Waals surface area contributed by atoms with Gasteiger partial charge in [-0.05, 0) is 44.9 Å². The van der Waals surface area contributed by atoms with Gasteiger partial charge in [0, 0.05) is 6.42 Å². The van der Waals surface area contributed by atoms with Crippen molar-refractivity contribution in [2.45, 2.75) is 341 Å². The first-order chi connectivity index (χ1) is 35.5. The number of phosphoric ester groups is 1. The maximum absolute atomic E-state index is 12.9. The third kappa shape index (κ3) is 58.5. The Kier molecular flexibility index (Phi) is 54.9. The highest BCUT2D eigenvalue weighted by Crippen LogP contribution is 2.38. The number of likely N-dealkylation sites (N-methyl/N-ethyl adjacent to an activating group) is 1. The number of hydrogen-bond donors (Lipinski definition) is 2. The lowest BCUT2D eigenvalue weighted by atomic mass is 10.0. The van der Waals surface area contributed by atoms with Gasteiger partial charge in [-0.3, -0.25) is 9.36 Å². The fourth-order valence-electron chi connectivity index (χ4n) is 9.86. The number of aliphatic hydroxyl groups is 1. The average Bonchev–Trinajstić information content (AvgIpc) is 3.35. The van der Waals surface area contributed by atoms with Crippen LogP contribution in [-0.2, 0) is 18.4 Å². The number of allylic oxidation sites excluding steroid dienone is 3. The van der Waals surface area contributed by atoms with Gasteiger partial charge in [0.1, 0.15) is 13.2 Å². The van der Waals surface area contributed by atoms with Crippen LogP contribution in [0.15, 0.2) is 24.3 Å². The monoisotopic (exact) mass is 1050 g/mol. The van der Waals surface area contributed by atoms with E-state index in [0.29, 0.717) is 17.4 Å². The van der Waals surface area contributed by atoms with Crippen LogP contribution < -0.4 is 10.2 Å². The Morgan fingerprint density at radius 2 is 0.753 bits per heavy atom. The van der Waals surface area contributed by atoms with Gasteiger partial charge in [-0.2, -0.15) is 0 Å². The molecule has 8 nitrogen and oxygen atoms in total. The Hall–Kier alpha value is -1.02. The van der Waals surface area contributed by atoms with Crippen molar-refractivity contribution in [1.82, 2.24) is 5.32 Å². The van der Waals surface area contributed by atoms with Crippen LogP contribution in [0, 0.1) is 0 Å². The zero-order valence-corrected chi connectivity index (χ0v) is 50.5. The first-order valence-corrected chi connectivity index (χ1v) is 33.7. The van der Waals surface area contributed by atoms with Gasteiger partial charge in [0.05, 0.1) is 39.9 Å². The molecule has 0 saturated heterocycles. The predicted octanol–water partition coefficient (Wildman–Crippen LogP) is 19.3. The average molecular weight is 1050 g/mol. The normalized spacial score (nSPS) is 13.9. The smallest absolute Gasteiger partial charge is 0.268 e. The molecule has 9 heteroatoms. The van der Waals surface area contributed by atoms with Crippen LogP contribution >= 0.6 is 7.82 Å². The van der Waals surface area contributed by atoms with E-state index in [2.05, 4.69) is 31.3 Å². The molecule has 0 aliphatic rings. The van der Waals surface area contributed by atoms with Gasteiger partial charge in [0.2, 0.25) is 5.91 Å². The van der Waals surface area contributed by atoms with Crippen LogP contribution in [0.2, 0.25) is 0 Å². The lowest BCUT2D eigenvalue weighted by Crippen LogP contribution is -2.45. The first-order valence-electron chi connectivity index (χ1n) is 32.2. The summed E-state index contributed by atoms with van der Waals surface area (Å²) in [5.74, 6) is -0.193. The highest BCUT2D eigenvalue weighted by Gasteiger charge is 2.23. The Labute approximate surface area is 455 Å². The molecular formula is C64H127N2O6P. The molecule has 3 unspecified atom stereocenters. The molecule has 0 aliphatic carbocycles. The summed E-state index contributed by atoms with van der Waals surface area (Å²) in [5, 5.41) is 13.8. The quantitative estimate of drug-likeness (QED) is 0.0272. The van der Waals surface area contributed by atoms with Crippen molar-refractivity contribution in [3.05, 3.63) is 24.3 Å². The van der Waals surface area contributed by atoms with Crippen molar-refractivity contribution >= 4 is 13.7 Å². The van der Waals surface area contributed by atoms with Crippen LogP contribution in [0.5, 0.6) is 0 Å². The SMILES string of the molecule is CCCCCCCCCC/C=C\CCCCCCCCCCCCCCCCCCCCCCCCCCCCCCCC(=O)NC(COP(=O)([O-])OCC[N+](C)(C)C)C(O)/C=C/CCCCCCCCCC. The molecule has 434 valence electrons. The molecule has 0 aromatic carbocycles. The number of aliphatic hydroxyl groups excluding tert-OH is 1. The Balaban J connectivity index is 3.75. The molecule has 0 bridgehead atoms. The van der Waals surface area contributed by atoms with Crippen molar-refractivity contribution in [1.29, 1.82) is 0 Å². The number of phosphoric acid groups is 1. The molecule has 2 N–H and O–H groups in total. The zero-order chi connectivity index (χ0) is 53.5. The van der Waals surface area contributed by atoms with Gasteiger partial charge in [0.15, 0.2) is 0 Å². The maximum Gasteiger partial charge on any atom is 0.268 e. The van der Waals surface area contributed by atoms with Crippen molar-refractivity contribution in [3.63, 3.8) is 0 Å². The van der Waals surface area contributed by atoms with Crippen molar-refractivity contribution in [3.8, 4) is 0 Å². The first kappa shape index (κ1) is 72.0. The zero-order valence-electron chi connectivity index (χ0n) is 49.6. The number of quaternary nitrogens is 1. The van der Waals surface area contributed by atoms with E-state index < -0.39 is 20.0 Å². The van der Waals surface area contributed by atoms with E-state index in [1.54, 1.807) is 6.08 Å². The minimum absolute atomic E-state index is 0.00154. The molecule has 1 amide bonds. The summed E-state index contributed by atoms with van der Waals surface area (Å²) in [4.78, 5) is 25.4. The molecule has 0 spiro atoms. The minimum atomic E-state index is -4.59. The number of rotatable bonds is 60. The fraction of sp³-hybridized carbons (Fsp3) is 0.922. The molecule has 0 radical (unpaired) electrons. The predicted molar refractivity (Wildman–Crippen MR) is 316 cm³/mol. The van der Waals surface area contributed by atoms with E-state index in [9.17, 15) is 19.4 Å². The van der Waals surface area contributed by atoms with E-state index in [4.69, 9.17) is 9.05 Å². The number of hydrogen-bond acceptors (Lipinski definition) is 6. The van der Waals surface area contributed by atoms with Crippen molar-refractivity contribution < 1.29 is 32.9 Å². The molecular weight excluding hydrogens is 924 g/mol. The Morgan fingerprint density at radius 3 is 1.07 bits per heavy atom. The van der Waals surface area contributed by atoms with Crippen LogP contribution in [0.4, 0.5) is 0 Å². The topological polar surface area (TPSA) is 108 Å². The summed E-state index contributed by atoms with van der Waals surface area (Å²) in [7, 11) is 1.27. The number of amides is 1. The molecule has 0 aromatic rings. The molecule has 3 atom stereocenters. The number of unbranched alkanes of at least 4 members (excludes halogenated alkanes) is 45. The fourth-order valence-corrected chi connectivity index (χ4v) is 10.6. The van der Waals surface area contributed by atoms with E-state index in [1.165, 1.54) is 270 Å². The minimum Gasteiger partial charge on any atom is -0.756 e. The summed E-state index contributed by atoms with van der Waals surface area (Å²) >= 11 is 0. The second-order valence-electron chi connectivity index (χ2n) is 23.5. The molecule has 73 heavy (non-hydrogen) atoms. The third-order valence-electron chi connectivity index (χ3n) is 14.9. The standard InChI is InChI=1S/C64H127N2O6P/c1-6-8-10-12-14-16-18-19-20-21-22-23-24-25-26-27-28-29-30-31-32-33-34-35-36-37-38-39-40-41-42-43-44-45-46-47-48-50-52-54-56-58-64(68)65-62(61-72-73(69,70)71-60-59-66(3,4)5)63(67)57-55-53-51-49-17-15-13-11-9-7-2/h21-22,55,57,62-63,67H,6-20,23-54,56,58-61H2,1-5H3,(H-,65,68,69,70)/b22-21-,57-55+. The molecule has 0 aliphatic heterocycles. The van der Waals surface area contributed by atoms with Crippen LogP contribution in [0.1, 0.15) is 328 Å². The Bertz CT molecular complexity index is 1240. The molecule has 0 heterocycles. The summed E-state index contributed by atoms with van der Waals surface area (Å²) < 4.78 is 23.3. The van der Waals surface area contributed by atoms with Crippen LogP contribution in [0.3, 0.4) is 0 Å². The maximum atomic E-state index is 12.9. The lowest BCUT2D eigenvalue weighted by molar-refractivity contribution is -0.870. The molecule has 0 fully saturated rings.